The third kappa shape index (κ3) is 2.16. The molecule has 4 heteroatoms. The zero-order valence-corrected chi connectivity index (χ0v) is 12.4. The molecule has 2 N–H and O–H groups in total. The van der Waals surface area contributed by atoms with E-state index >= 15 is 0 Å². The molecule has 0 aliphatic heterocycles. The van der Waals surface area contributed by atoms with Crippen LogP contribution in [0.5, 0.6) is 0 Å². The quantitative estimate of drug-likeness (QED) is 0.631. The maximum Gasteiger partial charge on any atom is 0.249 e. The molecule has 4 rings (SSSR count). The number of rotatable bonds is 3. The van der Waals surface area contributed by atoms with E-state index in [0.29, 0.717) is 5.56 Å². The number of carbonyl (C=O) groups is 1. The van der Waals surface area contributed by atoms with Gasteiger partial charge in [0.2, 0.25) is 5.91 Å². The number of pyridine rings is 1. The van der Waals surface area contributed by atoms with Gasteiger partial charge in [-0.15, -0.1) is 0 Å². The lowest BCUT2D eigenvalue weighted by molar-refractivity contribution is 0.100. The van der Waals surface area contributed by atoms with Crippen LogP contribution in [0.25, 0.3) is 21.8 Å². The van der Waals surface area contributed by atoms with Crippen LogP contribution in [0.15, 0.2) is 67.0 Å². The Morgan fingerprint density at radius 1 is 0.957 bits per heavy atom. The lowest BCUT2D eigenvalue weighted by Crippen LogP contribution is -2.11. The van der Waals surface area contributed by atoms with Gasteiger partial charge in [0.25, 0.3) is 0 Å². The van der Waals surface area contributed by atoms with Gasteiger partial charge in [-0.2, -0.15) is 0 Å². The van der Waals surface area contributed by atoms with E-state index in [1.165, 1.54) is 0 Å². The van der Waals surface area contributed by atoms with Crippen LogP contribution in [0.2, 0.25) is 0 Å². The first-order valence-electron chi connectivity index (χ1n) is 7.44. The van der Waals surface area contributed by atoms with Gasteiger partial charge in [-0.25, -0.2) is 0 Å². The Labute approximate surface area is 133 Å². The highest BCUT2D eigenvalue weighted by atomic mass is 16.1. The number of benzene rings is 2. The number of nitrogens with zero attached hydrogens (tertiary/aromatic N) is 2. The highest BCUT2D eigenvalue weighted by molar-refractivity contribution is 6.17. The van der Waals surface area contributed by atoms with Crippen molar-refractivity contribution in [1.82, 2.24) is 9.55 Å². The van der Waals surface area contributed by atoms with Crippen LogP contribution >= 0.6 is 0 Å². The van der Waals surface area contributed by atoms with Crippen LogP contribution in [0.4, 0.5) is 0 Å². The number of hydrogen-bond donors (Lipinski definition) is 1. The highest BCUT2D eigenvalue weighted by Crippen LogP contribution is 2.32. The average molecular weight is 301 g/mol. The SMILES string of the molecule is NC(=O)c1cccc2c1c1ccccc1n2Cc1ccncc1. The largest absolute Gasteiger partial charge is 0.366 e. The zero-order valence-electron chi connectivity index (χ0n) is 12.4. The van der Waals surface area contributed by atoms with Gasteiger partial charge in [0.05, 0.1) is 5.52 Å². The third-order valence-electron chi connectivity index (χ3n) is 4.15. The molecular formula is C19H15N3O. The molecule has 1 amide bonds. The van der Waals surface area contributed by atoms with Crippen molar-refractivity contribution < 1.29 is 4.79 Å². The molecule has 0 bridgehead atoms. The number of aromatic nitrogens is 2. The minimum Gasteiger partial charge on any atom is -0.366 e. The molecule has 112 valence electrons. The Hall–Kier alpha value is -3.14. The van der Waals surface area contributed by atoms with E-state index in [1.54, 1.807) is 18.5 Å². The van der Waals surface area contributed by atoms with Crippen LogP contribution in [-0.4, -0.2) is 15.5 Å². The lowest BCUT2D eigenvalue weighted by atomic mass is 10.1. The van der Waals surface area contributed by atoms with E-state index in [2.05, 4.69) is 15.6 Å². The van der Waals surface area contributed by atoms with Crippen molar-refractivity contribution in [3.05, 3.63) is 78.1 Å². The molecule has 2 aromatic carbocycles. The Balaban J connectivity index is 2.06. The second-order valence-electron chi connectivity index (χ2n) is 5.52. The molecule has 0 aliphatic rings. The fraction of sp³-hybridized carbons (Fsp3) is 0.0526. The summed E-state index contributed by atoms with van der Waals surface area (Å²) in [5.41, 5.74) is 9.40. The van der Waals surface area contributed by atoms with Crippen molar-refractivity contribution >= 4 is 27.7 Å². The van der Waals surface area contributed by atoms with Gasteiger partial charge >= 0.3 is 0 Å². The summed E-state index contributed by atoms with van der Waals surface area (Å²) in [5.74, 6) is -0.401. The van der Waals surface area contributed by atoms with Crippen molar-refractivity contribution in [2.45, 2.75) is 6.54 Å². The highest BCUT2D eigenvalue weighted by Gasteiger charge is 2.15. The molecule has 0 spiro atoms. The Morgan fingerprint density at radius 3 is 2.48 bits per heavy atom. The van der Waals surface area contributed by atoms with E-state index in [1.807, 2.05) is 42.5 Å². The van der Waals surface area contributed by atoms with Crippen molar-refractivity contribution in [1.29, 1.82) is 0 Å². The molecule has 0 radical (unpaired) electrons. The smallest absolute Gasteiger partial charge is 0.249 e. The molecule has 4 nitrogen and oxygen atoms in total. The summed E-state index contributed by atoms with van der Waals surface area (Å²) in [7, 11) is 0. The summed E-state index contributed by atoms with van der Waals surface area (Å²) in [5, 5.41) is 1.97. The van der Waals surface area contributed by atoms with Crippen molar-refractivity contribution in [2.75, 3.05) is 0 Å². The van der Waals surface area contributed by atoms with Crippen LogP contribution < -0.4 is 5.73 Å². The molecule has 0 saturated carbocycles. The second-order valence-corrected chi connectivity index (χ2v) is 5.52. The van der Waals surface area contributed by atoms with Crippen LogP contribution in [0.3, 0.4) is 0 Å². The number of primary amides is 1. The molecule has 0 aliphatic carbocycles. The summed E-state index contributed by atoms with van der Waals surface area (Å²) in [4.78, 5) is 15.9. The summed E-state index contributed by atoms with van der Waals surface area (Å²) in [6.07, 6.45) is 3.58. The van der Waals surface area contributed by atoms with Gasteiger partial charge in [-0.3, -0.25) is 9.78 Å². The van der Waals surface area contributed by atoms with Gasteiger partial charge in [0, 0.05) is 40.8 Å². The van der Waals surface area contributed by atoms with Crippen LogP contribution in [-0.2, 0) is 6.54 Å². The first-order valence-corrected chi connectivity index (χ1v) is 7.44. The van der Waals surface area contributed by atoms with E-state index in [-0.39, 0.29) is 0 Å². The van der Waals surface area contributed by atoms with Gasteiger partial charge in [-0.1, -0.05) is 24.3 Å². The first-order chi connectivity index (χ1) is 11.3. The minimum absolute atomic E-state index is 0.401. The molecule has 0 unspecified atom stereocenters. The molecule has 4 aromatic rings. The van der Waals surface area contributed by atoms with Gasteiger partial charge in [0.1, 0.15) is 0 Å². The molecule has 0 fully saturated rings. The number of para-hydroxylation sites is 1. The second kappa shape index (κ2) is 5.25. The fourth-order valence-electron chi connectivity index (χ4n) is 3.14. The predicted molar refractivity (Wildman–Crippen MR) is 91.3 cm³/mol. The van der Waals surface area contributed by atoms with E-state index in [0.717, 1.165) is 33.9 Å². The van der Waals surface area contributed by atoms with E-state index in [4.69, 9.17) is 5.73 Å². The predicted octanol–water partition coefficient (Wildman–Crippen LogP) is 3.34. The van der Waals surface area contributed by atoms with Gasteiger partial charge in [0.15, 0.2) is 0 Å². The van der Waals surface area contributed by atoms with Crippen molar-refractivity contribution in [3.63, 3.8) is 0 Å². The van der Waals surface area contributed by atoms with E-state index < -0.39 is 5.91 Å². The maximum atomic E-state index is 11.8. The monoisotopic (exact) mass is 301 g/mol. The molecule has 0 saturated heterocycles. The third-order valence-corrected chi connectivity index (χ3v) is 4.15. The Kier molecular flexibility index (Phi) is 3.08. The lowest BCUT2D eigenvalue weighted by Gasteiger charge is -2.07. The molecular weight excluding hydrogens is 286 g/mol. The number of hydrogen-bond acceptors (Lipinski definition) is 2. The van der Waals surface area contributed by atoms with Gasteiger partial charge in [-0.05, 0) is 35.9 Å². The average Bonchev–Trinajstić information content (AvgIpc) is 2.90. The Bertz CT molecular complexity index is 1020. The van der Waals surface area contributed by atoms with Gasteiger partial charge < -0.3 is 10.3 Å². The van der Waals surface area contributed by atoms with Crippen LogP contribution in [0.1, 0.15) is 15.9 Å². The molecule has 0 atom stereocenters. The number of amides is 1. The minimum atomic E-state index is -0.401. The summed E-state index contributed by atoms with van der Waals surface area (Å²) >= 11 is 0. The maximum absolute atomic E-state index is 11.8. The van der Waals surface area contributed by atoms with E-state index in [9.17, 15) is 4.79 Å². The summed E-state index contributed by atoms with van der Waals surface area (Å²) in [6, 6.07) is 17.8. The normalized spacial score (nSPS) is 11.1. The Morgan fingerprint density at radius 2 is 1.70 bits per heavy atom. The van der Waals surface area contributed by atoms with Crippen molar-refractivity contribution in [3.8, 4) is 0 Å². The first kappa shape index (κ1) is 13.5. The topological polar surface area (TPSA) is 60.9 Å². The molecule has 2 heterocycles. The standard InChI is InChI=1S/C19H15N3O/c20-19(23)15-5-3-7-17-18(15)14-4-1-2-6-16(14)22(17)12-13-8-10-21-11-9-13/h1-11H,12H2,(H2,20,23). The molecule has 23 heavy (non-hydrogen) atoms. The van der Waals surface area contributed by atoms with Crippen LogP contribution in [0, 0.1) is 0 Å². The number of nitrogens with two attached hydrogens (primary N) is 1. The molecule has 2 aromatic heterocycles. The fourth-order valence-corrected chi connectivity index (χ4v) is 3.14. The summed E-state index contributed by atoms with van der Waals surface area (Å²) in [6.45, 7) is 0.717. The number of fused-ring (bicyclic) bond motifs is 3. The zero-order chi connectivity index (χ0) is 15.8. The number of carbonyl (C=O) groups excluding carboxylic acids is 1. The van der Waals surface area contributed by atoms with Crippen molar-refractivity contribution in [2.24, 2.45) is 5.73 Å². The summed E-state index contributed by atoms with van der Waals surface area (Å²) < 4.78 is 2.21.